The van der Waals surface area contributed by atoms with Gasteiger partial charge in [0.1, 0.15) is 11.6 Å². The van der Waals surface area contributed by atoms with Gasteiger partial charge in [-0.25, -0.2) is 9.97 Å². The summed E-state index contributed by atoms with van der Waals surface area (Å²) in [4.78, 5) is 28.6. The van der Waals surface area contributed by atoms with Gasteiger partial charge < -0.3 is 14.7 Å². The van der Waals surface area contributed by atoms with E-state index in [2.05, 4.69) is 21.8 Å². The first-order valence-corrected chi connectivity index (χ1v) is 8.70. The molecule has 1 saturated heterocycles. The van der Waals surface area contributed by atoms with Crippen LogP contribution in [0.25, 0.3) is 0 Å². The molecule has 0 aromatic carbocycles. The first-order valence-electron chi connectivity index (χ1n) is 8.70. The van der Waals surface area contributed by atoms with Crippen molar-refractivity contribution in [2.24, 2.45) is 5.92 Å². The molecule has 6 heteroatoms. The Balaban J connectivity index is 1.62. The molecule has 23 heavy (non-hydrogen) atoms. The number of carbonyl (C=O) groups is 1. The zero-order valence-electron chi connectivity index (χ0n) is 14.1. The van der Waals surface area contributed by atoms with E-state index in [0.717, 1.165) is 69.3 Å². The molecule has 0 atom stereocenters. The van der Waals surface area contributed by atoms with Crippen LogP contribution in [-0.4, -0.2) is 65.4 Å². The largest absolute Gasteiger partial charge is 0.354 e. The van der Waals surface area contributed by atoms with Gasteiger partial charge in [-0.1, -0.05) is 0 Å². The molecule has 1 saturated carbocycles. The molecule has 0 bridgehead atoms. The van der Waals surface area contributed by atoms with Crippen molar-refractivity contribution in [1.82, 2.24) is 19.8 Å². The van der Waals surface area contributed by atoms with Crippen LogP contribution in [-0.2, 0) is 17.8 Å². The number of piperazine rings is 1. The summed E-state index contributed by atoms with van der Waals surface area (Å²) in [6.07, 6.45) is 2.99. The Morgan fingerprint density at radius 1 is 1.09 bits per heavy atom. The molecule has 1 aromatic rings. The number of aryl methyl sites for hydroxylation is 1. The Bertz CT molecular complexity index is 620. The fraction of sp³-hybridized carbons (Fsp3) is 0.706. The second kappa shape index (κ2) is 5.74. The lowest BCUT2D eigenvalue weighted by atomic mass is 10.0. The molecule has 1 amide bonds. The van der Waals surface area contributed by atoms with Crippen LogP contribution in [0.3, 0.4) is 0 Å². The number of aromatic nitrogens is 2. The Kier molecular flexibility index (Phi) is 3.71. The number of hydrogen-bond acceptors (Lipinski definition) is 5. The molecule has 0 N–H and O–H groups in total. The predicted octanol–water partition coefficient (Wildman–Crippen LogP) is 0.832. The minimum atomic E-state index is 0.287. The zero-order valence-corrected chi connectivity index (χ0v) is 14.1. The van der Waals surface area contributed by atoms with Gasteiger partial charge in [0.05, 0.1) is 12.2 Å². The third kappa shape index (κ3) is 2.92. The third-order valence-electron chi connectivity index (χ3n) is 5.19. The Hall–Kier alpha value is -1.69. The van der Waals surface area contributed by atoms with E-state index in [9.17, 15) is 4.79 Å². The highest BCUT2D eigenvalue weighted by molar-refractivity contribution is 5.81. The van der Waals surface area contributed by atoms with Crippen molar-refractivity contribution in [2.45, 2.75) is 32.7 Å². The molecular formula is C17H25N5O. The monoisotopic (exact) mass is 315 g/mol. The Labute approximate surface area is 137 Å². The van der Waals surface area contributed by atoms with Crippen molar-refractivity contribution >= 4 is 11.7 Å². The summed E-state index contributed by atoms with van der Waals surface area (Å²) in [5, 5.41) is 0. The van der Waals surface area contributed by atoms with Gasteiger partial charge in [0.2, 0.25) is 5.91 Å². The van der Waals surface area contributed by atoms with Crippen molar-refractivity contribution in [3.8, 4) is 0 Å². The van der Waals surface area contributed by atoms with E-state index in [-0.39, 0.29) is 5.92 Å². The van der Waals surface area contributed by atoms with Crippen LogP contribution in [0, 0.1) is 12.8 Å². The van der Waals surface area contributed by atoms with Crippen LogP contribution < -0.4 is 4.90 Å². The minimum Gasteiger partial charge on any atom is -0.354 e. The normalized spacial score (nSPS) is 22.2. The van der Waals surface area contributed by atoms with Crippen LogP contribution in [0.4, 0.5) is 5.82 Å². The average molecular weight is 315 g/mol. The first-order chi connectivity index (χ1) is 11.1. The van der Waals surface area contributed by atoms with Crippen molar-refractivity contribution in [2.75, 3.05) is 44.7 Å². The zero-order chi connectivity index (χ0) is 16.0. The lowest BCUT2D eigenvalue weighted by Crippen LogP contribution is -2.46. The van der Waals surface area contributed by atoms with Crippen LogP contribution in [0.1, 0.15) is 29.9 Å². The molecular weight excluding hydrogens is 290 g/mol. The Morgan fingerprint density at radius 2 is 1.83 bits per heavy atom. The number of anilines is 1. The van der Waals surface area contributed by atoms with E-state index in [1.807, 2.05) is 11.8 Å². The quantitative estimate of drug-likeness (QED) is 0.809. The van der Waals surface area contributed by atoms with Gasteiger partial charge in [0.25, 0.3) is 0 Å². The van der Waals surface area contributed by atoms with E-state index >= 15 is 0 Å². The van der Waals surface area contributed by atoms with E-state index in [1.165, 1.54) is 5.56 Å². The topological polar surface area (TPSA) is 52.6 Å². The van der Waals surface area contributed by atoms with Crippen molar-refractivity contribution in [3.63, 3.8) is 0 Å². The van der Waals surface area contributed by atoms with Gasteiger partial charge in [-0.05, 0) is 26.8 Å². The summed E-state index contributed by atoms with van der Waals surface area (Å²) in [6, 6.07) is 0. The number of likely N-dealkylation sites (N-methyl/N-ethyl adjacent to an activating group) is 1. The summed E-state index contributed by atoms with van der Waals surface area (Å²) in [7, 11) is 2.16. The standard InChI is InChI=1S/C17H25N5O/c1-12-18-15-5-6-22(17(23)13-3-4-13)11-14(15)16(19-12)21-9-7-20(2)8-10-21/h13H,3-11H2,1-2H3. The van der Waals surface area contributed by atoms with E-state index in [0.29, 0.717) is 12.5 Å². The molecule has 0 radical (unpaired) electrons. The van der Waals surface area contributed by atoms with Crippen molar-refractivity contribution in [1.29, 1.82) is 0 Å². The second-order valence-electron chi connectivity index (χ2n) is 7.09. The van der Waals surface area contributed by atoms with E-state index in [4.69, 9.17) is 4.98 Å². The minimum absolute atomic E-state index is 0.287. The van der Waals surface area contributed by atoms with Crippen LogP contribution in [0.5, 0.6) is 0 Å². The summed E-state index contributed by atoms with van der Waals surface area (Å²) in [5.41, 5.74) is 2.33. The molecule has 124 valence electrons. The van der Waals surface area contributed by atoms with Crippen molar-refractivity contribution in [3.05, 3.63) is 17.1 Å². The average Bonchev–Trinajstić information content (AvgIpc) is 3.39. The number of carbonyl (C=O) groups excluding carboxylic acids is 1. The highest BCUT2D eigenvalue weighted by Crippen LogP contribution is 2.34. The molecule has 1 aliphatic carbocycles. The lowest BCUT2D eigenvalue weighted by Gasteiger charge is -2.37. The highest BCUT2D eigenvalue weighted by Gasteiger charge is 2.36. The van der Waals surface area contributed by atoms with E-state index in [1.54, 1.807) is 0 Å². The molecule has 3 heterocycles. The molecule has 6 nitrogen and oxygen atoms in total. The Morgan fingerprint density at radius 3 is 2.52 bits per heavy atom. The molecule has 2 aliphatic heterocycles. The van der Waals surface area contributed by atoms with Crippen LogP contribution >= 0.6 is 0 Å². The van der Waals surface area contributed by atoms with Crippen molar-refractivity contribution < 1.29 is 4.79 Å². The van der Waals surface area contributed by atoms with E-state index < -0.39 is 0 Å². The maximum atomic E-state index is 12.4. The number of amides is 1. The summed E-state index contributed by atoms with van der Waals surface area (Å²) >= 11 is 0. The van der Waals surface area contributed by atoms with Crippen LogP contribution in [0.15, 0.2) is 0 Å². The first kappa shape index (κ1) is 14.9. The third-order valence-corrected chi connectivity index (χ3v) is 5.19. The summed E-state index contributed by atoms with van der Waals surface area (Å²) in [5.74, 6) is 2.53. The van der Waals surface area contributed by atoms with Gasteiger partial charge in [0.15, 0.2) is 0 Å². The van der Waals surface area contributed by atoms with Gasteiger partial charge in [-0.3, -0.25) is 4.79 Å². The molecule has 4 rings (SSSR count). The number of fused-ring (bicyclic) bond motifs is 1. The fourth-order valence-corrected chi connectivity index (χ4v) is 3.57. The highest BCUT2D eigenvalue weighted by atomic mass is 16.2. The molecule has 3 aliphatic rings. The van der Waals surface area contributed by atoms with Gasteiger partial charge in [-0.2, -0.15) is 0 Å². The number of rotatable bonds is 2. The molecule has 0 unspecified atom stereocenters. The van der Waals surface area contributed by atoms with Gasteiger partial charge in [-0.15, -0.1) is 0 Å². The molecule has 1 aromatic heterocycles. The number of nitrogens with zero attached hydrogens (tertiary/aromatic N) is 5. The maximum Gasteiger partial charge on any atom is 0.225 e. The van der Waals surface area contributed by atoms with Crippen LogP contribution in [0.2, 0.25) is 0 Å². The lowest BCUT2D eigenvalue weighted by molar-refractivity contribution is -0.133. The van der Waals surface area contributed by atoms with Gasteiger partial charge >= 0.3 is 0 Å². The summed E-state index contributed by atoms with van der Waals surface area (Å²) in [6.45, 7) is 7.58. The smallest absolute Gasteiger partial charge is 0.225 e. The predicted molar refractivity (Wildman–Crippen MR) is 88.3 cm³/mol. The van der Waals surface area contributed by atoms with Gasteiger partial charge in [0, 0.05) is 50.6 Å². The fourth-order valence-electron chi connectivity index (χ4n) is 3.57. The summed E-state index contributed by atoms with van der Waals surface area (Å²) < 4.78 is 0. The SMILES string of the molecule is Cc1nc2c(c(N3CCN(C)CC3)n1)CN(C(=O)C1CC1)CC2. The molecule has 0 spiro atoms. The molecule has 2 fully saturated rings. The number of hydrogen-bond donors (Lipinski definition) is 0. The second-order valence-corrected chi connectivity index (χ2v) is 7.09. The maximum absolute atomic E-state index is 12.4.